The van der Waals surface area contributed by atoms with Gasteiger partial charge in [-0.15, -0.1) is 13.2 Å². The molecule has 0 aliphatic rings. The van der Waals surface area contributed by atoms with E-state index in [4.69, 9.17) is 0 Å². The Morgan fingerprint density at radius 1 is 0.800 bits per heavy atom. The van der Waals surface area contributed by atoms with Gasteiger partial charge in [0.1, 0.15) is 0 Å². The minimum atomic E-state index is 0.831. The molecule has 0 aromatic heterocycles. The predicted octanol–water partition coefficient (Wildman–Crippen LogP) is 5.02. The van der Waals surface area contributed by atoms with Crippen molar-refractivity contribution in [3.63, 3.8) is 0 Å². The summed E-state index contributed by atoms with van der Waals surface area (Å²) in [6.07, 6.45) is 3.83. The summed E-state index contributed by atoms with van der Waals surface area (Å²) in [5, 5.41) is 0. The Kier molecular flexibility index (Phi) is 5.51. The molecule has 0 aliphatic carbocycles. The zero-order valence-electron chi connectivity index (χ0n) is 11.5. The smallest absolute Gasteiger partial charge is 0.0372 e. The molecule has 2 heteroatoms. The van der Waals surface area contributed by atoms with Crippen LogP contribution in [0.4, 0.5) is 5.69 Å². The van der Waals surface area contributed by atoms with Crippen LogP contribution in [0.3, 0.4) is 0 Å². The normalized spacial score (nSPS) is 10.0. The maximum absolute atomic E-state index is 3.80. The molecule has 2 aromatic rings. The van der Waals surface area contributed by atoms with Gasteiger partial charge in [-0.2, -0.15) is 0 Å². The Bertz CT molecular complexity index is 535. The molecule has 1 nitrogen and oxygen atoms in total. The van der Waals surface area contributed by atoms with Crippen molar-refractivity contribution in [2.45, 2.75) is 9.79 Å². The standard InChI is InChI=1S/C18H19NS/c1-3-14-19(15-4-2)16-10-12-18(13-11-16)20-17-8-6-5-7-9-17/h3-13H,1-2,14-15H2. The maximum Gasteiger partial charge on any atom is 0.0372 e. The minimum Gasteiger partial charge on any atom is -0.364 e. The summed E-state index contributed by atoms with van der Waals surface area (Å²) in [5.74, 6) is 0. The molecule has 0 N–H and O–H groups in total. The summed E-state index contributed by atoms with van der Waals surface area (Å²) >= 11 is 1.78. The number of nitrogens with zero attached hydrogens (tertiary/aromatic N) is 1. The van der Waals surface area contributed by atoms with E-state index in [1.54, 1.807) is 11.8 Å². The van der Waals surface area contributed by atoms with Crippen molar-refractivity contribution in [3.8, 4) is 0 Å². The van der Waals surface area contributed by atoms with Crippen LogP contribution < -0.4 is 4.90 Å². The van der Waals surface area contributed by atoms with E-state index in [-0.39, 0.29) is 0 Å². The van der Waals surface area contributed by atoms with E-state index in [0.717, 1.165) is 13.1 Å². The van der Waals surface area contributed by atoms with Crippen LogP contribution in [0, 0.1) is 0 Å². The van der Waals surface area contributed by atoms with Crippen molar-refractivity contribution >= 4 is 17.4 Å². The molecule has 0 saturated carbocycles. The monoisotopic (exact) mass is 281 g/mol. The van der Waals surface area contributed by atoms with Gasteiger partial charge >= 0.3 is 0 Å². The first-order chi connectivity index (χ1) is 9.83. The molecule has 0 amide bonds. The summed E-state index contributed by atoms with van der Waals surface area (Å²) in [6.45, 7) is 9.26. The topological polar surface area (TPSA) is 3.24 Å². The van der Waals surface area contributed by atoms with Crippen LogP contribution >= 0.6 is 11.8 Å². The fourth-order valence-corrected chi connectivity index (χ4v) is 2.78. The van der Waals surface area contributed by atoms with Gasteiger partial charge in [0.2, 0.25) is 0 Å². The van der Waals surface area contributed by atoms with Crippen molar-refractivity contribution in [1.82, 2.24) is 0 Å². The van der Waals surface area contributed by atoms with Crippen molar-refractivity contribution in [1.29, 1.82) is 0 Å². The van der Waals surface area contributed by atoms with Gasteiger partial charge in [0.15, 0.2) is 0 Å². The number of hydrogen-bond acceptors (Lipinski definition) is 2. The maximum atomic E-state index is 3.80. The highest BCUT2D eigenvalue weighted by Gasteiger charge is 2.03. The van der Waals surface area contributed by atoms with Gasteiger partial charge in [-0.25, -0.2) is 0 Å². The summed E-state index contributed by atoms with van der Waals surface area (Å²) in [5.41, 5.74) is 1.20. The molecule has 0 radical (unpaired) electrons. The highest BCUT2D eigenvalue weighted by Crippen LogP contribution is 2.28. The molecule has 2 aromatic carbocycles. The summed E-state index contributed by atoms with van der Waals surface area (Å²) in [6, 6.07) is 19.0. The van der Waals surface area contributed by atoms with Crippen molar-refractivity contribution in [3.05, 3.63) is 79.9 Å². The van der Waals surface area contributed by atoms with E-state index in [0.29, 0.717) is 0 Å². The van der Waals surface area contributed by atoms with Crippen molar-refractivity contribution in [2.24, 2.45) is 0 Å². The fraction of sp³-hybridized carbons (Fsp3) is 0.111. The highest BCUT2D eigenvalue weighted by atomic mass is 32.2. The lowest BCUT2D eigenvalue weighted by atomic mass is 10.3. The molecule has 20 heavy (non-hydrogen) atoms. The minimum absolute atomic E-state index is 0.831. The van der Waals surface area contributed by atoms with Crippen LogP contribution in [0.25, 0.3) is 0 Å². The largest absolute Gasteiger partial charge is 0.364 e. The first-order valence-electron chi connectivity index (χ1n) is 6.63. The van der Waals surface area contributed by atoms with Crippen LogP contribution in [0.5, 0.6) is 0 Å². The van der Waals surface area contributed by atoms with Gasteiger partial charge in [0.05, 0.1) is 0 Å². The molecule has 0 fully saturated rings. The van der Waals surface area contributed by atoms with Crippen LogP contribution in [-0.4, -0.2) is 13.1 Å². The molecule has 0 aliphatic heterocycles. The van der Waals surface area contributed by atoms with Crippen LogP contribution in [0.1, 0.15) is 0 Å². The van der Waals surface area contributed by atoms with E-state index in [1.807, 2.05) is 18.2 Å². The van der Waals surface area contributed by atoms with E-state index in [2.05, 4.69) is 66.6 Å². The number of hydrogen-bond donors (Lipinski definition) is 0. The second-order valence-corrected chi connectivity index (χ2v) is 5.54. The molecular formula is C18H19NS. The average molecular weight is 281 g/mol. The van der Waals surface area contributed by atoms with Crippen molar-refractivity contribution < 1.29 is 0 Å². The lowest BCUT2D eigenvalue weighted by Crippen LogP contribution is -2.22. The summed E-state index contributed by atoms with van der Waals surface area (Å²) in [4.78, 5) is 4.74. The van der Waals surface area contributed by atoms with Gasteiger partial charge in [-0.05, 0) is 36.4 Å². The average Bonchev–Trinajstić information content (AvgIpc) is 2.49. The lowest BCUT2D eigenvalue weighted by Gasteiger charge is -2.21. The second kappa shape index (κ2) is 7.61. The van der Waals surface area contributed by atoms with Gasteiger partial charge in [-0.1, -0.05) is 42.1 Å². The second-order valence-electron chi connectivity index (χ2n) is 4.39. The quantitative estimate of drug-likeness (QED) is 0.656. The molecule has 0 atom stereocenters. The van der Waals surface area contributed by atoms with Crippen LogP contribution in [-0.2, 0) is 0 Å². The first kappa shape index (κ1) is 14.5. The summed E-state index contributed by atoms with van der Waals surface area (Å²) in [7, 11) is 0. The first-order valence-corrected chi connectivity index (χ1v) is 7.45. The molecule has 0 spiro atoms. The van der Waals surface area contributed by atoms with E-state index < -0.39 is 0 Å². The van der Waals surface area contributed by atoms with Crippen LogP contribution in [0.2, 0.25) is 0 Å². The Labute approximate surface area is 125 Å². The fourth-order valence-electron chi connectivity index (χ4n) is 1.95. The van der Waals surface area contributed by atoms with Gasteiger partial charge in [0.25, 0.3) is 0 Å². The number of benzene rings is 2. The lowest BCUT2D eigenvalue weighted by molar-refractivity contribution is 0.955. The predicted molar refractivity (Wildman–Crippen MR) is 89.6 cm³/mol. The third-order valence-electron chi connectivity index (χ3n) is 2.88. The third kappa shape index (κ3) is 4.04. The zero-order chi connectivity index (χ0) is 14.2. The third-order valence-corrected chi connectivity index (χ3v) is 3.90. The van der Waals surface area contributed by atoms with E-state index >= 15 is 0 Å². The number of anilines is 1. The molecule has 0 bridgehead atoms. The molecule has 0 unspecified atom stereocenters. The molecule has 0 saturated heterocycles. The van der Waals surface area contributed by atoms with Gasteiger partial charge in [-0.3, -0.25) is 0 Å². The molecule has 0 heterocycles. The summed E-state index contributed by atoms with van der Waals surface area (Å²) < 4.78 is 0. The van der Waals surface area contributed by atoms with Crippen molar-refractivity contribution in [2.75, 3.05) is 18.0 Å². The Balaban J connectivity index is 2.08. The highest BCUT2D eigenvalue weighted by molar-refractivity contribution is 7.99. The zero-order valence-corrected chi connectivity index (χ0v) is 12.4. The Morgan fingerprint density at radius 3 is 1.90 bits per heavy atom. The van der Waals surface area contributed by atoms with E-state index in [9.17, 15) is 0 Å². The number of rotatable bonds is 7. The van der Waals surface area contributed by atoms with E-state index in [1.165, 1.54) is 15.5 Å². The Hall–Kier alpha value is -1.93. The molecular weight excluding hydrogens is 262 g/mol. The van der Waals surface area contributed by atoms with Gasteiger partial charge < -0.3 is 4.90 Å². The van der Waals surface area contributed by atoms with Crippen LogP contribution in [0.15, 0.2) is 89.7 Å². The molecule has 2 rings (SSSR count). The Morgan fingerprint density at radius 2 is 1.35 bits per heavy atom. The SMILES string of the molecule is C=CCN(CC=C)c1ccc(Sc2ccccc2)cc1. The van der Waals surface area contributed by atoms with Gasteiger partial charge in [0, 0.05) is 28.6 Å². The molecule has 102 valence electrons.